The summed E-state index contributed by atoms with van der Waals surface area (Å²) in [5.74, 6) is 0.854. The van der Waals surface area contributed by atoms with Crippen LogP contribution in [0, 0.1) is 17.2 Å². The maximum atomic E-state index is 12.9. The Bertz CT molecular complexity index is 882. The van der Waals surface area contributed by atoms with Crippen molar-refractivity contribution in [2.45, 2.75) is 19.3 Å². The Balaban J connectivity index is 1.55. The number of hydrogen-bond donors (Lipinski definition) is 0. The quantitative estimate of drug-likeness (QED) is 0.628. The molecule has 0 bridgehead atoms. The first-order valence-corrected chi connectivity index (χ1v) is 10.3. The topological polar surface area (TPSA) is 73.6 Å². The molecule has 0 spiro atoms. The summed E-state index contributed by atoms with van der Waals surface area (Å²) < 4.78 is 5.15. The van der Waals surface area contributed by atoms with Crippen LogP contribution < -0.4 is 9.64 Å². The molecule has 2 aromatic rings. The molecule has 1 aliphatic rings. The van der Waals surface area contributed by atoms with Crippen LogP contribution in [-0.4, -0.2) is 49.9 Å². The van der Waals surface area contributed by atoms with E-state index >= 15 is 0 Å². The van der Waals surface area contributed by atoms with Gasteiger partial charge in [-0.15, -0.1) is 0 Å². The van der Waals surface area contributed by atoms with Crippen LogP contribution in [0.3, 0.4) is 0 Å². The summed E-state index contributed by atoms with van der Waals surface area (Å²) in [6.45, 7) is 2.09. The van der Waals surface area contributed by atoms with E-state index in [2.05, 4.69) is 11.0 Å². The summed E-state index contributed by atoms with van der Waals surface area (Å²) in [5.41, 5.74) is 1.51. The molecule has 0 N–H and O–H groups in total. The van der Waals surface area contributed by atoms with Gasteiger partial charge in [-0.1, -0.05) is 18.2 Å². The summed E-state index contributed by atoms with van der Waals surface area (Å²) in [7, 11) is 1.60. The van der Waals surface area contributed by atoms with E-state index in [-0.39, 0.29) is 17.6 Å². The standard InChI is InChI=1S/C24H27N3O3/c1-30-22-10-8-19(9-11-22)24(29)20-12-16-26(17-13-20)18-23(28)27(15-5-14-25)21-6-3-2-4-7-21/h2-4,6-11,20H,5,12-13,15-18H2,1H3. The van der Waals surface area contributed by atoms with Crippen LogP contribution in [0.1, 0.15) is 29.6 Å². The number of hydrogen-bond acceptors (Lipinski definition) is 5. The minimum absolute atomic E-state index is 0.0172. The van der Waals surface area contributed by atoms with Crippen molar-refractivity contribution in [3.8, 4) is 11.8 Å². The molecule has 6 nitrogen and oxygen atoms in total. The van der Waals surface area contributed by atoms with Crippen LogP contribution in [0.2, 0.25) is 0 Å². The fourth-order valence-electron chi connectivity index (χ4n) is 3.79. The summed E-state index contributed by atoms with van der Waals surface area (Å²) in [6, 6.07) is 18.8. The second-order valence-electron chi connectivity index (χ2n) is 7.43. The van der Waals surface area contributed by atoms with E-state index in [1.165, 1.54) is 0 Å². The molecular weight excluding hydrogens is 378 g/mol. The fourth-order valence-corrected chi connectivity index (χ4v) is 3.79. The number of benzene rings is 2. The van der Waals surface area contributed by atoms with Crippen molar-refractivity contribution >= 4 is 17.4 Å². The largest absolute Gasteiger partial charge is 0.497 e. The third-order valence-corrected chi connectivity index (χ3v) is 5.51. The van der Waals surface area contributed by atoms with Gasteiger partial charge in [-0.25, -0.2) is 0 Å². The highest BCUT2D eigenvalue weighted by molar-refractivity contribution is 5.98. The van der Waals surface area contributed by atoms with Gasteiger partial charge in [0, 0.05) is 23.7 Å². The van der Waals surface area contributed by atoms with Gasteiger partial charge >= 0.3 is 0 Å². The number of anilines is 1. The molecule has 156 valence electrons. The molecule has 2 aromatic carbocycles. The molecule has 1 aliphatic heterocycles. The molecule has 1 saturated heterocycles. The van der Waals surface area contributed by atoms with E-state index in [1.807, 2.05) is 42.5 Å². The Hall–Kier alpha value is -3.17. The van der Waals surface area contributed by atoms with Gasteiger partial charge in [0.1, 0.15) is 5.75 Å². The molecule has 0 aromatic heterocycles. The third kappa shape index (κ3) is 5.46. The molecule has 3 rings (SSSR count). The zero-order valence-corrected chi connectivity index (χ0v) is 17.3. The molecule has 1 heterocycles. The van der Waals surface area contributed by atoms with Crippen molar-refractivity contribution in [2.24, 2.45) is 5.92 Å². The van der Waals surface area contributed by atoms with Crippen LogP contribution in [0.4, 0.5) is 5.69 Å². The Kier molecular flexibility index (Phi) is 7.58. The van der Waals surface area contributed by atoms with Gasteiger partial charge < -0.3 is 9.64 Å². The lowest BCUT2D eigenvalue weighted by atomic mass is 9.89. The smallest absolute Gasteiger partial charge is 0.241 e. The van der Waals surface area contributed by atoms with Crippen molar-refractivity contribution in [3.05, 3.63) is 60.2 Å². The number of methoxy groups -OCH3 is 1. The molecule has 6 heteroatoms. The second kappa shape index (κ2) is 10.6. The number of piperidine rings is 1. The first-order chi connectivity index (χ1) is 14.6. The van der Waals surface area contributed by atoms with Crippen LogP contribution in [-0.2, 0) is 4.79 Å². The minimum atomic E-state index is -0.0198. The van der Waals surface area contributed by atoms with Crippen LogP contribution in [0.25, 0.3) is 0 Å². The number of Topliss-reactive ketones (excluding diaryl/α,β-unsaturated/α-hetero) is 1. The van der Waals surface area contributed by atoms with Crippen molar-refractivity contribution < 1.29 is 14.3 Å². The van der Waals surface area contributed by atoms with Crippen LogP contribution in [0.15, 0.2) is 54.6 Å². The molecule has 0 aliphatic carbocycles. The predicted octanol–water partition coefficient (Wildman–Crippen LogP) is 3.54. The lowest BCUT2D eigenvalue weighted by Crippen LogP contribution is -2.44. The average Bonchev–Trinajstić information content (AvgIpc) is 2.80. The highest BCUT2D eigenvalue weighted by Gasteiger charge is 2.28. The predicted molar refractivity (Wildman–Crippen MR) is 116 cm³/mol. The molecular formula is C24H27N3O3. The summed E-state index contributed by atoms with van der Waals surface area (Å²) in [4.78, 5) is 29.5. The highest BCUT2D eigenvalue weighted by atomic mass is 16.5. The van der Waals surface area contributed by atoms with E-state index in [9.17, 15) is 9.59 Å². The van der Waals surface area contributed by atoms with E-state index in [4.69, 9.17) is 10.00 Å². The number of para-hydroxylation sites is 1. The lowest BCUT2D eigenvalue weighted by molar-refractivity contribution is -0.120. The second-order valence-corrected chi connectivity index (χ2v) is 7.43. The van der Waals surface area contributed by atoms with Crippen LogP contribution >= 0.6 is 0 Å². The number of likely N-dealkylation sites (tertiary alicyclic amines) is 1. The Morgan fingerprint density at radius 3 is 2.37 bits per heavy atom. The lowest BCUT2D eigenvalue weighted by Gasteiger charge is -2.32. The maximum absolute atomic E-state index is 12.9. The van der Waals surface area contributed by atoms with Gasteiger partial charge in [0.05, 0.1) is 26.1 Å². The molecule has 0 saturated carbocycles. The number of nitrogens with zero attached hydrogens (tertiary/aromatic N) is 3. The molecule has 0 radical (unpaired) electrons. The number of ketones is 1. The van der Waals surface area contributed by atoms with Gasteiger partial charge in [-0.3, -0.25) is 14.5 Å². The van der Waals surface area contributed by atoms with Crippen molar-refractivity contribution in [1.29, 1.82) is 5.26 Å². The summed E-state index contributed by atoms with van der Waals surface area (Å²) in [6.07, 6.45) is 1.77. The van der Waals surface area contributed by atoms with E-state index in [1.54, 1.807) is 24.1 Å². The molecule has 1 fully saturated rings. The van der Waals surface area contributed by atoms with E-state index in [0.717, 1.165) is 24.3 Å². The summed E-state index contributed by atoms with van der Waals surface area (Å²) >= 11 is 0. The van der Waals surface area contributed by atoms with E-state index in [0.29, 0.717) is 38.2 Å². The number of carbonyl (C=O) groups excluding carboxylic acids is 2. The summed E-state index contributed by atoms with van der Waals surface area (Å²) in [5, 5.41) is 8.93. The monoisotopic (exact) mass is 405 g/mol. The molecule has 0 atom stereocenters. The SMILES string of the molecule is COc1ccc(C(=O)C2CCN(CC(=O)N(CCC#N)c3ccccc3)CC2)cc1. The highest BCUT2D eigenvalue weighted by Crippen LogP contribution is 2.23. The Morgan fingerprint density at radius 2 is 1.77 bits per heavy atom. The zero-order valence-electron chi connectivity index (χ0n) is 17.3. The maximum Gasteiger partial charge on any atom is 0.241 e. The van der Waals surface area contributed by atoms with Crippen molar-refractivity contribution in [2.75, 3.05) is 38.2 Å². The number of ether oxygens (including phenoxy) is 1. The van der Waals surface area contributed by atoms with Gasteiger partial charge in [0.2, 0.25) is 5.91 Å². The zero-order chi connectivity index (χ0) is 21.3. The van der Waals surface area contributed by atoms with Crippen molar-refractivity contribution in [1.82, 2.24) is 4.90 Å². The van der Waals surface area contributed by atoms with E-state index < -0.39 is 0 Å². The molecule has 1 amide bonds. The fraction of sp³-hybridized carbons (Fsp3) is 0.375. The van der Waals surface area contributed by atoms with Gasteiger partial charge in [-0.05, 0) is 62.3 Å². The van der Waals surface area contributed by atoms with Crippen molar-refractivity contribution in [3.63, 3.8) is 0 Å². The first-order valence-electron chi connectivity index (χ1n) is 10.3. The van der Waals surface area contributed by atoms with Gasteiger partial charge in [-0.2, -0.15) is 5.26 Å². The Labute approximate surface area is 177 Å². The minimum Gasteiger partial charge on any atom is -0.497 e. The molecule has 0 unspecified atom stereocenters. The average molecular weight is 405 g/mol. The Morgan fingerprint density at radius 1 is 1.10 bits per heavy atom. The normalized spacial score (nSPS) is 14.7. The van der Waals surface area contributed by atoms with Gasteiger partial charge in [0.15, 0.2) is 5.78 Å². The van der Waals surface area contributed by atoms with Crippen LogP contribution in [0.5, 0.6) is 5.75 Å². The number of rotatable bonds is 8. The number of carbonyl (C=O) groups is 2. The van der Waals surface area contributed by atoms with Gasteiger partial charge in [0.25, 0.3) is 0 Å². The number of amides is 1. The third-order valence-electron chi connectivity index (χ3n) is 5.51. The first kappa shape index (κ1) is 21.5. The number of nitriles is 1. The molecule has 30 heavy (non-hydrogen) atoms.